The maximum Gasteiger partial charge on any atom is 0.154 e. The van der Waals surface area contributed by atoms with Crippen molar-refractivity contribution in [3.63, 3.8) is 0 Å². The predicted octanol–water partition coefficient (Wildman–Crippen LogP) is 5.12. The van der Waals surface area contributed by atoms with Gasteiger partial charge in [0, 0.05) is 59.0 Å². The number of methoxy groups -OCH3 is 1. The van der Waals surface area contributed by atoms with Gasteiger partial charge in [0.25, 0.3) is 0 Å². The summed E-state index contributed by atoms with van der Waals surface area (Å²) in [5, 5.41) is 9.48. The summed E-state index contributed by atoms with van der Waals surface area (Å²) in [5.74, 6) is 0.957. The van der Waals surface area contributed by atoms with Gasteiger partial charge in [-0.25, -0.2) is 0 Å². The number of rotatable bonds is 11. The van der Waals surface area contributed by atoms with Crippen LogP contribution >= 0.6 is 0 Å². The molecule has 0 aromatic heterocycles. The van der Waals surface area contributed by atoms with Crippen LogP contribution in [-0.4, -0.2) is 53.3 Å². The van der Waals surface area contributed by atoms with Gasteiger partial charge >= 0.3 is 0 Å². The Balaban J connectivity index is 1.83. The minimum atomic E-state index is -0.727. The van der Waals surface area contributed by atoms with Crippen LogP contribution in [0.3, 0.4) is 0 Å². The van der Waals surface area contributed by atoms with E-state index in [9.17, 15) is 5.11 Å². The monoisotopic (exact) mass is 448 g/mol. The number of nitrogens with zero attached hydrogens (tertiary/aromatic N) is 2. The molecule has 0 heterocycles. The van der Waals surface area contributed by atoms with Gasteiger partial charge in [-0.2, -0.15) is 0 Å². The van der Waals surface area contributed by atoms with Crippen LogP contribution in [0.4, 0.5) is 11.4 Å². The topological polar surface area (TPSA) is 45.2 Å². The molecule has 0 amide bonds. The van der Waals surface area contributed by atoms with Gasteiger partial charge in [-0.05, 0) is 59.5 Å². The van der Waals surface area contributed by atoms with Crippen molar-refractivity contribution >= 4 is 11.4 Å². The number of anilines is 2. The Bertz CT molecular complexity index is 916. The van der Waals surface area contributed by atoms with E-state index in [0.29, 0.717) is 13.0 Å². The van der Waals surface area contributed by atoms with E-state index in [1.165, 1.54) is 35.2 Å². The van der Waals surface area contributed by atoms with Crippen LogP contribution in [-0.2, 0) is 4.74 Å². The lowest BCUT2D eigenvalue weighted by molar-refractivity contribution is -0.0803. The molecule has 1 atom stereocenters. The fraction of sp³-hybridized carbons (Fsp3) is 0.357. The summed E-state index contributed by atoms with van der Waals surface area (Å²) in [6, 6.07) is 25.9. The van der Waals surface area contributed by atoms with E-state index in [0.717, 1.165) is 12.2 Å². The molecule has 1 unspecified atom stereocenters. The molecule has 1 N–H and O–H groups in total. The Morgan fingerprint density at radius 3 is 1.52 bits per heavy atom. The molecule has 0 aliphatic heterocycles. The summed E-state index contributed by atoms with van der Waals surface area (Å²) in [6.45, 7) is 0.543. The lowest BCUT2D eigenvalue weighted by Gasteiger charge is -2.22. The second-order valence-corrected chi connectivity index (χ2v) is 8.66. The molecule has 3 aromatic rings. The minimum absolute atomic E-state index is 0.128. The minimum Gasteiger partial charge on any atom is -0.494 e. The van der Waals surface area contributed by atoms with Crippen molar-refractivity contribution in [1.29, 1.82) is 0 Å². The van der Waals surface area contributed by atoms with Crippen LogP contribution in [0.25, 0.3) is 0 Å². The van der Waals surface area contributed by atoms with Crippen molar-refractivity contribution in [2.75, 3.05) is 51.7 Å². The summed E-state index contributed by atoms with van der Waals surface area (Å²) >= 11 is 0. The van der Waals surface area contributed by atoms with Crippen LogP contribution in [0.15, 0.2) is 72.8 Å². The molecule has 3 aromatic carbocycles. The molecule has 0 radical (unpaired) electrons. The summed E-state index contributed by atoms with van der Waals surface area (Å²) < 4.78 is 10.7. The Kier molecular flexibility index (Phi) is 8.75. The fourth-order valence-corrected chi connectivity index (χ4v) is 3.83. The summed E-state index contributed by atoms with van der Waals surface area (Å²) in [5.41, 5.74) is 6.08. The van der Waals surface area contributed by atoms with Gasteiger partial charge in [-0.1, -0.05) is 36.4 Å². The normalized spacial score (nSPS) is 12.0. The molecule has 0 spiro atoms. The molecule has 0 aliphatic rings. The van der Waals surface area contributed by atoms with Crippen molar-refractivity contribution in [2.45, 2.75) is 25.0 Å². The molecule has 33 heavy (non-hydrogen) atoms. The lowest BCUT2D eigenvalue weighted by Crippen LogP contribution is -2.11. The highest BCUT2D eigenvalue weighted by atomic mass is 16.6. The largest absolute Gasteiger partial charge is 0.494 e. The molecular weight excluding hydrogens is 412 g/mol. The smallest absolute Gasteiger partial charge is 0.154 e. The van der Waals surface area contributed by atoms with E-state index < -0.39 is 6.29 Å². The first-order chi connectivity index (χ1) is 15.9. The van der Waals surface area contributed by atoms with Crippen LogP contribution in [0, 0.1) is 0 Å². The maximum atomic E-state index is 9.48. The van der Waals surface area contributed by atoms with Crippen molar-refractivity contribution < 1.29 is 14.6 Å². The maximum absolute atomic E-state index is 9.48. The number of benzene rings is 3. The number of hydrogen-bond acceptors (Lipinski definition) is 5. The number of aliphatic hydroxyl groups excluding tert-OH is 1. The third-order valence-corrected chi connectivity index (χ3v) is 5.84. The highest BCUT2D eigenvalue weighted by Gasteiger charge is 2.17. The Morgan fingerprint density at radius 1 is 0.697 bits per heavy atom. The van der Waals surface area contributed by atoms with Crippen molar-refractivity contribution in [2.24, 2.45) is 0 Å². The van der Waals surface area contributed by atoms with Gasteiger partial charge in [0.2, 0.25) is 0 Å². The quantitative estimate of drug-likeness (QED) is 0.251. The van der Waals surface area contributed by atoms with Crippen molar-refractivity contribution in [1.82, 2.24) is 0 Å². The number of aliphatic hydroxyl groups is 1. The van der Waals surface area contributed by atoms with E-state index in [1.807, 2.05) is 12.1 Å². The Morgan fingerprint density at radius 2 is 1.12 bits per heavy atom. The zero-order valence-corrected chi connectivity index (χ0v) is 20.4. The zero-order valence-electron chi connectivity index (χ0n) is 20.4. The van der Waals surface area contributed by atoms with Crippen LogP contribution in [0.5, 0.6) is 5.75 Å². The molecule has 0 saturated carbocycles. The van der Waals surface area contributed by atoms with E-state index in [4.69, 9.17) is 9.47 Å². The first kappa shape index (κ1) is 24.6. The van der Waals surface area contributed by atoms with Gasteiger partial charge in [0.1, 0.15) is 5.75 Å². The lowest BCUT2D eigenvalue weighted by atomic mass is 9.85. The van der Waals surface area contributed by atoms with E-state index >= 15 is 0 Å². The molecule has 0 aliphatic carbocycles. The second kappa shape index (κ2) is 11.7. The van der Waals surface area contributed by atoms with Crippen LogP contribution in [0.1, 0.15) is 35.4 Å². The average molecular weight is 449 g/mol. The van der Waals surface area contributed by atoms with Crippen LogP contribution < -0.4 is 14.5 Å². The molecule has 176 valence electrons. The van der Waals surface area contributed by atoms with Crippen molar-refractivity contribution in [3.8, 4) is 5.75 Å². The van der Waals surface area contributed by atoms with Gasteiger partial charge < -0.3 is 24.4 Å². The van der Waals surface area contributed by atoms with Gasteiger partial charge in [-0.15, -0.1) is 0 Å². The molecule has 0 fully saturated rings. The Labute approximate surface area is 198 Å². The summed E-state index contributed by atoms with van der Waals surface area (Å²) in [4.78, 5) is 4.23. The highest BCUT2D eigenvalue weighted by molar-refractivity contribution is 5.53. The Hall–Kier alpha value is -3.02. The summed E-state index contributed by atoms with van der Waals surface area (Å²) in [6.07, 6.45) is 0.563. The molecule has 0 bridgehead atoms. The predicted molar refractivity (Wildman–Crippen MR) is 137 cm³/mol. The molecular formula is C28H36N2O3. The first-order valence-electron chi connectivity index (χ1n) is 11.4. The van der Waals surface area contributed by atoms with E-state index in [2.05, 4.69) is 98.7 Å². The third kappa shape index (κ3) is 6.73. The molecule has 5 heteroatoms. The van der Waals surface area contributed by atoms with Gasteiger partial charge in [0.05, 0.1) is 6.61 Å². The SMILES string of the molecule is COC(O)CCCOc1ccc(C(c2ccc(N(C)C)cc2)c2ccc(N(C)C)cc2)cc1. The average Bonchev–Trinajstić information content (AvgIpc) is 2.83. The van der Waals surface area contributed by atoms with Gasteiger partial charge in [-0.3, -0.25) is 0 Å². The van der Waals surface area contributed by atoms with Crippen LogP contribution in [0.2, 0.25) is 0 Å². The third-order valence-electron chi connectivity index (χ3n) is 5.84. The zero-order chi connectivity index (χ0) is 23.8. The van der Waals surface area contributed by atoms with E-state index in [-0.39, 0.29) is 5.92 Å². The number of ether oxygens (including phenoxy) is 2. The molecule has 3 rings (SSSR count). The standard InChI is InChI=1S/C28H36N2O3/c1-29(2)24-14-8-21(9-15-24)28(22-10-16-25(17-11-22)30(3)4)23-12-18-26(19-13-23)33-20-6-7-27(31)32-5/h8-19,27-28,31H,6-7,20H2,1-5H3. The molecule has 0 saturated heterocycles. The highest BCUT2D eigenvalue weighted by Crippen LogP contribution is 2.34. The van der Waals surface area contributed by atoms with Gasteiger partial charge in [0.15, 0.2) is 6.29 Å². The first-order valence-corrected chi connectivity index (χ1v) is 11.4. The summed E-state index contributed by atoms with van der Waals surface area (Å²) in [7, 11) is 9.73. The number of hydrogen-bond donors (Lipinski definition) is 1. The van der Waals surface area contributed by atoms with E-state index in [1.54, 1.807) is 0 Å². The molecule has 5 nitrogen and oxygen atoms in total. The fourth-order valence-electron chi connectivity index (χ4n) is 3.83. The van der Waals surface area contributed by atoms with Crippen molar-refractivity contribution in [3.05, 3.63) is 89.5 Å². The second-order valence-electron chi connectivity index (χ2n) is 8.66.